The van der Waals surface area contributed by atoms with Crippen molar-refractivity contribution in [3.05, 3.63) is 52.2 Å². The number of thioether (sulfide) groups is 1. The van der Waals surface area contributed by atoms with Crippen LogP contribution < -0.4 is 15.8 Å². The number of rotatable bonds is 6. The van der Waals surface area contributed by atoms with Crippen LogP contribution in [-0.2, 0) is 20.8 Å². The first kappa shape index (κ1) is 27.9. The maximum Gasteiger partial charge on any atom is 0.415 e. The molecule has 3 aliphatic rings. The Balaban J connectivity index is 1.18. The summed E-state index contributed by atoms with van der Waals surface area (Å²) in [6.07, 6.45) is 0.334. The predicted octanol–water partition coefficient (Wildman–Crippen LogP) is 4.07. The molecule has 1 N–H and O–H groups in total. The van der Waals surface area contributed by atoms with Crippen molar-refractivity contribution in [1.29, 1.82) is 0 Å². The molecule has 2 atom stereocenters. The lowest BCUT2D eigenvalue weighted by Crippen LogP contribution is -2.41. The van der Waals surface area contributed by atoms with Crippen LogP contribution in [0.25, 0.3) is 11.0 Å². The van der Waals surface area contributed by atoms with Crippen LogP contribution in [0, 0.1) is 5.82 Å². The Morgan fingerprint density at radius 3 is 2.81 bits per heavy atom. The van der Waals surface area contributed by atoms with Gasteiger partial charge in [0.15, 0.2) is 0 Å². The number of anilines is 2. The number of hydrogen-bond donors (Lipinski definition) is 1. The largest absolute Gasteiger partial charge is 0.444 e. The predicted molar refractivity (Wildman–Crippen MR) is 152 cm³/mol. The number of nitrogens with zero attached hydrogens (tertiary/aromatic N) is 5. The lowest BCUT2D eigenvalue weighted by atomic mass is 10.0. The number of fused-ring (bicyclic) bond motifs is 1. The van der Waals surface area contributed by atoms with Crippen molar-refractivity contribution in [2.24, 2.45) is 0 Å². The topological polar surface area (TPSA) is 136 Å². The fourth-order valence-corrected chi connectivity index (χ4v) is 6.18. The summed E-state index contributed by atoms with van der Waals surface area (Å²) in [7, 11) is 0. The Morgan fingerprint density at radius 1 is 1.21 bits per heavy atom. The Hall–Kier alpha value is -4.20. The Morgan fingerprint density at radius 2 is 2.02 bits per heavy atom. The van der Waals surface area contributed by atoms with Crippen LogP contribution in [0.1, 0.15) is 45.2 Å². The average molecular weight is 597 g/mol. The van der Waals surface area contributed by atoms with Gasteiger partial charge in [-0.05, 0) is 57.9 Å². The highest BCUT2D eigenvalue weighted by atomic mass is 32.2. The summed E-state index contributed by atoms with van der Waals surface area (Å²) in [5.41, 5.74) is -0.123. The van der Waals surface area contributed by atoms with Gasteiger partial charge in [-0.3, -0.25) is 19.4 Å². The van der Waals surface area contributed by atoms with E-state index >= 15 is 4.39 Å². The van der Waals surface area contributed by atoms with Gasteiger partial charge in [0.1, 0.15) is 29.2 Å². The molecule has 0 spiro atoms. The van der Waals surface area contributed by atoms with Gasteiger partial charge in [0, 0.05) is 12.1 Å². The van der Waals surface area contributed by atoms with E-state index in [1.54, 1.807) is 32.9 Å². The Kier molecular flexibility index (Phi) is 7.03. The monoisotopic (exact) mass is 596 g/mol. The first-order chi connectivity index (χ1) is 20.0. The molecule has 1 aromatic carbocycles. The van der Waals surface area contributed by atoms with E-state index in [1.807, 2.05) is 0 Å². The zero-order chi connectivity index (χ0) is 29.8. The number of carbonyl (C=O) groups is 3. The molecule has 12 nitrogen and oxygen atoms in total. The lowest BCUT2D eigenvalue weighted by molar-refractivity contribution is -0.113. The van der Waals surface area contributed by atoms with Crippen LogP contribution in [0.3, 0.4) is 0 Å². The van der Waals surface area contributed by atoms with Crippen molar-refractivity contribution < 1.29 is 28.2 Å². The van der Waals surface area contributed by atoms with E-state index in [1.165, 1.54) is 44.5 Å². The summed E-state index contributed by atoms with van der Waals surface area (Å²) in [6.45, 7) is 5.70. The van der Waals surface area contributed by atoms with E-state index in [9.17, 15) is 19.2 Å². The van der Waals surface area contributed by atoms with E-state index in [0.29, 0.717) is 41.3 Å². The van der Waals surface area contributed by atoms with Crippen molar-refractivity contribution >= 4 is 52.5 Å². The van der Waals surface area contributed by atoms with Crippen molar-refractivity contribution in [3.63, 3.8) is 0 Å². The molecule has 3 amide bonds. The summed E-state index contributed by atoms with van der Waals surface area (Å²) in [5, 5.41) is 2.72. The summed E-state index contributed by atoms with van der Waals surface area (Å²) in [4.78, 5) is 62.7. The molecule has 0 aliphatic carbocycles. The standard InChI is InChI=1S/C28H29FN6O6S/c1-28(2,3)41-27(39)33(18-13-35-22(37)11-30-17-7-6-16(29)23(18)24(17)35)10-4-5-15-12-34(26(38)40-15)20-9-8-19-25(31-20)32-21(36)14-42-19/h6-9,11,15,18H,4-5,10,12-14H2,1-3H3,(H,31,32,36)/t15-,18?/m1/s1. The van der Waals surface area contributed by atoms with Gasteiger partial charge in [-0.25, -0.2) is 23.9 Å². The number of amides is 3. The molecule has 42 heavy (non-hydrogen) atoms. The molecule has 14 heteroatoms. The molecule has 1 unspecified atom stereocenters. The fourth-order valence-electron chi connectivity index (χ4n) is 5.43. The van der Waals surface area contributed by atoms with E-state index in [4.69, 9.17) is 9.47 Å². The third-order valence-corrected chi connectivity index (χ3v) is 8.27. The fraction of sp³-hybridized carbons (Fsp3) is 0.429. The number of nitrogens with one attached hydrogen (secondary N) is 1. The summed E-state index contributed by atoms with van der Waals surface area (Å²) in [6, 6.07) is 5.53. The van der Waals surface area contributed by atoms with Gasteiger partial charge in [0.25, 0.3) is 5.56 Å². The van der Waals surface area contributed by atoms with Crippen LogP contribution >= 0.6 is 11.8 Å². The van der Waals surface area contributed by atoms with Crippen molar-refractivity contribution in [1.82, 2.24) is 19.4 Å². The maximum atomic E-state index is 15.2. The lowest BCUT2D eigenvalue weighted by Gasteiger charge is -2.32. The van der Waals surface area contributed by atoms with Crippen LogP contribution in [-0.4, -0.2) is 68.1 Å². The number of cyclic esters (lactones) is 1. The third kappa shape index (κ3) is 5.26. The van der Waals surface area contributed by atoms with Gasteiger partial charge in [0.05, 0.1) is 47.0 Å². The number of ether oxygens (including phenoxy) is 2. The van der Waals surface area contributed by atoms with Gasteiger partial charge in [-0.15, -0.1) is 11.8 Å². The van der Waals surface area contributed by atoms with E-state index in [2.05, 4.69) is 15.3 Å². The third-order valence-electron chi connectivity index (χ3n) is 7.22. The molecular formula is C28H29FN6O6S. The van der Waals surface area contributed by atoms with E-state index < -0.39 is 35.8 Å². The highest BCUT2D eigenvalue weighted by molar-refractivity contribution is 8.00. The molecule has 1 saturated heterocycles. The van der Waals surface area contributed by atoms with Gasteiger partial charge in [-0.1, -0.05) is 0 Å². The van der Waals surface area contributed by atoms with Gasteiger partial charge in [0.2, 0.25) is 5.91 Å². The van der Waals surface area contributed by atoms with Crippen LogP contribution in [0.5, 0.6) is 0 Å². The second-order valence-corrected chi connectivity index (χ2v) is 12.4. The second-order valence-electron chi connectivity index (χ2n) is 11.3. The smallest absolute Gasteiger partial charge is 0.415 e. The molecule has 3 aromatic rings. The van der Waals surface area contributed by atoms with Crippen LogP contribution in [0.4, 0.5) is 25.6 Å². The maximum absolute atomic E-state index is 15.2. The highest BCUT2D eigenvalue weighted by Crippen LogP contribution is 2.38. The SMILES string of the molecule is CC(C)(C)OC(=O)N(CCC[C@@H]1CN(c2ccc3c(n2)NC(=O)CS3)C(=O)O1)C1Cn2c(=O)cnc3ccc(F)c1c32. The first-order valence-corrected chi connectivity index (χ1v) is 14.6. The zero-order valence-corrected chi connectivity index (χ0v) is 24.1. The normalized spacial score (nSPS) is 19.5. The minimum absolute atomic E-state index is 0.0678. The van der Waals surface area contributed by atoms with Crippen molar-refractivity contribution in [2.75, 3.05) is 29.1 Å². The molecule has 6 rings (SSSR count). The van der Waals surface area contributed by atoms with Gasteiger partial charge in [-0.2, -0.15) is 0 Å². The molecule has 220 valence electrons. The van der Waals surface area contributed by atoms with Crippen molar-refractivity contribution in [3.8, 4) is 0 Å². The number of aromatic nitrogens is 3. The first-order valence-electron chi connectivity index (χ1n) is 13.6. The number of hydrogen-bond acceptors (Lipinski definition) is 9. The van der Waals surface area contributed by atoms with Crippen molar-refractivity contribution in [2.45, 2.75) is 62.8 Å². The van der Waals surface area contributed by atoms with E-state index in [0.717, 1.165) is 4.90 Å². The summed E-state index contributed by atoms with van der Waals surface area (Å²) < 4.78 is 27.9. The highest BCUT2D eigenvalue weighted by Gasteiger charge is 2.38. The number of carbonyl (C=O) groups excluding carboxylic acids is 3. The molecule has 3 aliphatic heterocycles. The van der Waals surface area contributed by atoms with Crippen LogP contribution in [0.15, 0.2) is 40.2 Å². The van der Waals surface area contributed by atoms with Crippen LogP contribution in [0.2, 0.25) is 0 Å². The minimum Gasteiger partial charge on any atom is -0.444 e. The van der Waals surface area contributed by atoms with Gasteiger partial charge >= 0.3 is 12.2 Å². The van der Waals surface area contributed by atoms with Gasteiger partial charge < -0.3 is 19.4 Å². The molecular weight excluding hydrogens is 567 g/mol. The molecule has 2 aromatic heterocycles. The summed E-state index contributed by atoms with van der Waals surface area (Å²) >= 11 is 1.38. The Bertz CT molecular complexity index is 1670. The average Bonchev–Trinajstić information content (AvgIpc) is 3.51. The van der Waals surface area contributed by atoms with E-state index in [-0.39, 0.29) is 36.7 Å². The molecule has 0 bridgehead atoms. The molecule has 5 heterocycles. The zero-order valence-electron chi connectivity index (χ0n) is 23.3. The molecule has 0 saturated carbocycles. The number of pyridine rings is 1. The minimum atomic E-state index is -0.801. The number of benzene rings is 1. The number of halogens is 1. The summed E-state index contributed by atoms with van der Waals surface area (Å²) in [5.74, 6) is 0.395. The second kappa shape index (κ2) is 10.6. The molecule has 0 radical (unpaired) electrons. The Labute approximate surface area is 244 Å². The molecule has 1 fully saturated rings. The quantitative estimate of drug-likeness (QED) is 0.447.